The number of aliphatic hydroxyl groups excluding tert-OH is 1. The van der Waals surface area contributed by atoms with E-state index in [-0.39, 0.29) is 6.61 Å². The molecule has 0 atom stereocenters. The number of ether oxygens (including phenoxy) is 1. The molecule has 1 N–H and O–H groups in total. The zero-order chi connectivity index (χ0) is 14.4. The maximum Gasteiger partial charge on any atom is 0.251 e. The molecule has 0 saturated carbocycles. The third kappa shape index (κ3) is 3.34. The Morgan fingerprint density at radius 1 is 1.30 bits per heavy atom. The number of aromatic nitrogens is 2. The van der Waals surface area contributed by atoms with Crippen molar-refractivity contribution in [1.82, 2.24) is 15.1 Å². The largest absolute Gasteiger partial charge is 0.496 e. The van der Waals surface area contributed by atoms with Gasteiger partial charge in [-0.05, 0) is 18.7 Å². The van der Waals surface area contributed by atoms with Crippen molar-refractivity contribution in [2.24, 2.45) is 0 Å². The van der Waals surface area contributed by atoms with Crippen molar-refractivity contribution in [3.8, 4) is 17.2 Å². The predicted molar refractivity (Wildman–Crippen MR) is 74.3 cm³/mol. The summed E-state index contributed by atoms with van der Waals surface area (Å²) in [5.41, 5.74) is 0.777. The number of methoxy groups -OCH3 is 1. The molecule has 0 amide bonds. The van der Waals surface area contributed by atoms with Crippen molar-refractivity contribution in [1.29, 1.82) is 0 Å². The number of benzene rings is 1. The Morgan fingerprint density at radius 2 is 2.10 bits per heavy atom. The SMILES string of the molecule is CCN(CCO)Cc1nnc(-c2ccccc2OC)o1. The van der Waals surface area contributed by atoms with E-state index >= 15 is 0 Å². The molecule has 0 aliphatic rings. The molecule has 1 aromatic carbocycles. The van der Waals surface area contributed by atoms with Gasteiger partial charge in [0.2, 0.25) is 5.89 Å². The third-order valence-electron chi connectivity index (χ3n) is 3.03. The van der Waals surface area contributed by atoms with Gasteiger partial charge in [0.1, 0.15) is 5.75 Å². The summed E-state index contributed by atoms with van der Waals surface area (Å²) in [6.07, 6.45) is 0. The lowest BCUT2D eigenvalue weighted by Gasteiger charge is -2.15. The first-order chi connectivity index (χ1) is 9.78. The van der Waals surface area contributed by atoms with Gasteiger partial charge in [-0.2, -0.15) is 0 Å². The van der Waals surface area contributed by atoms with Gasteiger partial charge in [-0.1, -0.05) is 19.1 Å². The number of hydrogen-bond donors (Lipinski definition) is 1. The molecule has 108 valence electrons. The maximum atomic E-state index is 8.97. The lowest BCUT2D eigenvalue weighted by atomic mass is 10.2. The van der Waals surface area contributed by atoms with Crippen LogP contribution >= 0.6 is 0 Å². The van der Waals surface area contributed by atoms with Crippen LogP contribution in [0.5, 0.6) is 5.75 Å². The summed E-state index contributed by atoms with van der Waals surface area (Å²) in [6.45, 7) is 4.06. The van der Waals surface area contributed by atoms with Crippen LogP contribution < -0.4 is 4.74 Å². The molecular weight excluding hydrogens is 258 g/mol. The fourth-order valence-electron chi connectivity index (χ4n) is 1.93. The highest BCUT2D eigenvalue weighted by Gasteiger charge is 2.14. The molecule has 0 aliphatic carbocycles. The van der Waals surface area contributed by atoms with Crippen molar-refractivity contribution in [2.75, 3.05) is 26.8 Å². The molecule has 0 aliphatic heterocycles. The first-order valence-electron chi connectivity index (χ1n) is 6.57. The summed E-state index contributed by atoms with van der Waals surface area (Å²) in [5.74, 6) is 1.67. The van der Waals surface area contributed by atoms with Crippen LogP contribution in [0, 0.1) is 0 Å². The van der Waals surface area contributed by atoms with E-state index in [1.165, 1.54) is 0 Å². The fourth-order valence-corrected chi connectivity index (χ4v) is 1.93. The molecule has 0 fully saturated rings. The number of aliphatic hydroxyl groups is 1. The Labute approximate surface area is 118 Å². The van der Waals surface area contributed by atoms with E-state index in [2.05, 4.69) is 10.2 Å². The van der Waals surface area contributed by atoms with Gasteiger partial charge < -0.3 is 14.3 Å². The molecule has 0 unspecified atom stereocenters. The van der Waals surface area contributed by atoms with Crippen molar-refractivity contribution >= 4 is 0 Å². The average molecular weight is 277 g/mol. The van der Waals surface area contributed by atoms with Gasteiger partial charge in [0.25, 0.3) is 5.89 Å². The monoisotopic (exact) mass is 277 g/mol. The molecular formula is C14H19N3O3. The topological polar surface area (TPSA) is 71.6 Å². The van der Waals surface area contributed by atoms with E-state index in [0.29, 0.717) is 30.6 Å². The molecule has 0 radical (unpaired) electrons. The molecule has 0 saturated heterocycles. The second-order valence-electron chi connectivity index (χ2n) is 4.29. The minimum atomic E-state index is 0.112. The normalized spacial score (nSPS) is 11.0. The molecule has 6 heteroatoms. The van der Waals surface area contributed by atoms with E-state index in [1.807, 2.05) is 36.1 Å². The molecule has 0 bridgehead atoms. The summed E-state index contributed by atoms with van der Waals surface area (Å²) in [4.78, 5) is 2.03. The number of para-hydroxylation sites is 1. The van der Waals surface area contributed by atoms with E-state index in [0.717, 1.165) is 12.1 Å². The highest BCUT2D eigenvalue weighted by Crippen LogP contribution is 2.28. The van der Waals surface area contributed by atoms with Crippen LogP contribution in [-0.4, -0.2) is 47.0 Å². The minimum absolute atomic E-state index is 0.112. The van der Waals surface area contributed by atoms with Crippen LogP contribution in [0.3, 0.4) is 0 Å². The van der Waals surface area contributed by atoms with Crippen molar-refractivity contribution < 1.29 is 14.3 Å². The van der Waals surface area contributed by atoms with Gasteiger partial charge in [0.15, 0.2) is 0 Å². The Bertz CT molecular complexity index is 542. The summed E-state index contributed by atoms with van der Waals surface area (Å²) in [5, 5.41) is 17.1. The van der Waals surface area contributed by atoms with E-state index in [9.17, 15) is 0 Å². The highest BCUT2D eigenvalue weighted by molar-refractivity contribution is 5.62. The summed E-state index contributed by atoms with van der Waals surface area (Å²) >= 11 is 0. The quantitative estimate of drug-likeness (QED) is 0.828. The van der Waals surface area contributed by atoms with E-state index < -0.39 is 0 Å². The van der Waals surface area contributed by atoms with Gasteiger partial charge in [0.05, 0.1) is 25.8 Å². The molecule has 1 heterocycles. The number of likely N-dealkylation sites (N-methyl/N-ethyl adjacent to an activating group) is 1. The molecule has 1 aromatic heterocycles. The van der Waals surface area contributed by atoms with Crippen molar-refractivity contribution in [3.63, 3.8) is 0 Å². The Morgan fingerprint density at radius 3 is 2.80 bits per heavy atom. The smallest absolute Gasteiger partial charge is 0.251 e. The minimum Gasteiger partial charge on any atom is -0.496 e. The van der Waals surface area contributed by atoms with Crippen LogP contribution in [0.1, 0.15) is 12.8 Å². The maximum absolute atomic E-state index is 8.97. The first kappa shape index (κ1) is 14.5. The Kier molecular flexibility index (Phi) is 5.09. The summed E-state index contributed by atoms with van der Waals surface area (Å²) in [6, 6.07) is 7.51. The third-order valence-corrected chi connectivity index (χ3v) is 3.03. The van der Waals surface area contributed by atoms with Crippen LogP contribution in [0.25, 0.3) is 11.5 Å². The zero-order valence-corrected chi connectivity index (χ0v) is 11.7. The molecule has 6 nitrogen and oxygen atoms in total. The van der Waals surface area contributed by atoms with Crippen molar-refractivity contribution in [2.45, 2.75) is 13.5 Å². The fraction of sp³-hybridized carbons (Fsp3) is 0.429. The second-order valence-corrected chi connectivity index (χ2v) is 4.29. The van der Waals surface area contributed by atoms with Crippen LogP contribution in [0.2, 0.25) is 0 Å². The Hall–Kier alpha value is -1.92. The molecule has 20 heavy (non-hydrogen) atoms. The van der Waals surface area contributed by atoms with Crippen molar-refractivity contribution in [3.05, 3.63) is 30.2 Å². The summed E-state index contributed by atoms with van der Waals surface area (Å²) in [7, 11) is 1.61. The van der Waals surface area contributed by atoms with Crippen LogP contribution in [0.15, 0.2) is 28.7 Å². The first-order valence-corrected chi connectivity index (χ1v) is 6.57. The molecule has 2 rings (SSSR count). The predicted octanol–water partition coefficient (Wildman–Crippen LogP) is 1.56. The molecule has 0 spiro atoms. The van der Waals surface area contributed by atoms with Gasteiger partial charge in [-0.15, -0.1) is 10.2 Å². The lowest BCUT2D eigenvalue weighted by Crippen LogP contribution is -2.26. The number of hydrogen-bond acceptors (Lipinski definition) is 6. The second kappa shape index (κ2) is 7.02. The van der Waals surface area contributed by atoms with Gasteiger partial charge >= 0.3 is 0 Å². The zero-order valence-electron chi connectivity index (χ0n) is 11.7. The van der Waals surface area contributed by atoms with Gasteiger partial charge in [-0.3, -0.25) is 4.90 Å². The standard InChI is InChI=1S/C14H19N3O3/c1-3-17(8-9-18)10-13-15-16-14(20-13)11-6-4-5-7-12(11)19-2/h4-7,18H,3,8-10H2,1-2H3. The highest BCUT2D eigenvalue weighted by atomic mass is 16.5. The van der Waals surface area contributed by atoms with Gasteiger partial charge in [0, 0.05) is 6.54 Å². The average Bonchev–Trinajstić information content (AvgIpc) is 2.95. The van der Waals surface area contributed by atoms with E-state index in [1.54, 1.807) is 7.11 Å². The van der Waals surface area contributed by atoms with Crippen LogP contribution in [-0.2, 0) is 6.54 Å². The lowest BCUT2D eigenvalue weighted by molar-refractivity contribution is 0.185. The number of nitrogens with zero attached hydrogens (tertiary/aromatic N) is 3. The number of rotatable bonds is 7. The summed E-state index contributed by atoms with van der Waals surface area (Å²) < 4.78 is 10.9. The molecule has 2 aromatic rings. The van der Waals surface area contributed by atoms with Crippen LogP contribution in [0.4, 0.5) is 0 Å². The Balaban J connectivity index is 2.16. The van der Waals surface area contributed by atoms with Gasteiger partial charge in [-0.25, -0.2) is 0 Å². The van der Waals surface area contributed by atoms with E-state index in [4.69, 9.17) is 14.3 Å².